The minimum absolute atomic E-state index is 0.00934. The van der Waals surface area contributed by atoms with Crippen molar-refractivity contribution in [3.05, 3.63) is 0 Å². The highest BCUT2D eigenvalue weighted by Gasteiger charge is 2.41. The summed E-state index contributed by atoms with van der Waals surface area (Å²) in [5.41, 5.74) is 0. The topological polar surface area (TPSA) is 23.5 Å². The second kappa shape index (κ2) is 6.02. The van der Waals surface area contributed by atoms with Crippen LogP contribution in [-0.2, 0) is 0 Å². The third-order valence-electron chi connectivity index (χ3n) is 4.47. The molecule has 1 saturated heterocycles. The van der Waals surface area contributed by atoms with Gasteiger partial charge in [0.1, 0.15) is 0 Å². The van der Waals surface area contributed by atoms with Gasteiger partial charge >= 0.3 is 0 Å². The molecule has 1 heterocycles. The largest absolute Gasteiger partial charge is 0.393 e. The molecule has 2 fully saturated rings. The van der Waals surface area contributed by atoms with E-state index in [1.165, 1.54) is 58.2 Å². The van der Waals surface area contributed by atoms with Crippen molar-refractivity contribution < 1.29 is 5.11 Å². The number of hydrogen-bond acceptors (Lipinski definition) is 2. The molecule has 1 N–H and O–H groups in total. The average molecular weight is 225 g/mol. The summed E-state index contributed by atoms with van der Waals surface area (Å²) in [5.74, 6) is 1.42. The van der Waals surface area contributed by atoms with Crippen LogP contribution in [0.4, 0.5) is 0 Å². The summed E-state index contributed by atoms with van der Waals surface area (Å²) in [5, 5.41) is 9.83. The number of fused-ring (bicyclic) bond motifs is 1. The fourth-order valence-electron chi connectivity index (χ4n) is 3.45. The van der Waals surface area contributed by atoms with Crippen LogP contribution in [0, 0.1) is 11.8 Å². The number of nitrogens with zero attached hydrogens (tertiary/aromatic N) is 1. The van der Waals surface area contributed by atoms with Gasteiger partial charge in [-0.3, -0.25) is 0 Å². The number of aliphatic hydroxyl groups excluding tert-OH is 1. The summed E-state index contributed by atoms with van der Waals surface area (Å²) in [6.45, 7) is 5.96. The Kier molecular flexibility index (Phi) is 4.66. The van der Waals surface area contributed by atoms with Gasteiger partial charge in [-0.1, -0.05) is 32.6 Å². The Morgan fingerprint density at radius 1 is 1.06 bits per heavy atom. The van der Waals surface area contributed by atoms with Crippen LogP contribution in [0.1, 0.15) is 51.9 Å². The van der Waals surface area contributed by atoms with Crippen molar-refractivity contribution in [1.82, 2.24) is 4.90 Å². The van der Waals surface area contributed by atoms with Gasteiger partial charge in [-0.2, -0.15) is 0 Å². The highest BCUT2D eigenvalue weighted by Crippen LogP contribution is 2.37. The molecule has 0 spiro atoms. The van der Waals surface area contributed by atoms with Crippen molar-refractivity contribution in [2.24, 2.45) is 11.8 Å². The van der Waals surface area contributed by atoms with Crippen LogP contribution < -0.4 is 0 Å². The van der Waals surface area contributed by atoms with Crippen molar-refractivity contribution in [2.45, 2.75) is 58.0 Å². The zero-order chi connectivity index (χ0) is 11.4. The van der Waals surface area contributed by atoms with E-state index in [2.05, 4.69) is 11.8 Å². The lowest BCUT2D eigenvalue weighted by Gasteiger charge is -2.17. The summed E-state index contributed by atoms with van der Waals surface area (Å²) in [6.07, 6.45) is 9.20. The molecular weight excluding hydrogens is 198 g/mol. The Morgan fingerprint density at radius 3 is 2.62 bits per heavy atom. The summed E-state index contributed by atoms with van der Waals surface area (Å²) >= 11 is 0. The number of hydrogen-bond donors (Lipinski definition) is 1. The van der Waals surface area contributed by atoms with E-state index in [-0.39, 0.29) is 6.10 Å². The summed E-state index contributed by atoms with van der Waals surface area (Å²) < 4.78 is 0. The Labute approximate surface area is 100 Å². The highest BCUT2D eigenvalue weighted by molar-refractivity contribution is 4.93. The number of aliphatic hydroxyl groups is 1. The van der Waals surface area contributed by atoms with E-state index in [1.54, 1.807) is 0 Å². The lowest BCUT2D eigenvalue weighted by molar-refractivity contribution is 0.124. The average Bonchev–Trinajstić information content (AvgIpc) is 2.81. The Hall–Kier alpha value is -0.0800. The van der Waals surface area contributed by atoms with Gasteiger partial charge < -0.3 is 10.0 Å². The molecule has 16 heavy (non-hydrogen) atoms. The molecule has 0 amide bonds. The molecule has 2 heteroatoms. The van der Waals surface area contributed by atoms with E-state index in [9.17, 15) is 5.11 Å². The summed E-state index contributed by atoms with van der Waals surface area (Å²) in [7, 11) is 0. The lowest BCUT2D eigenvalue weighted by Crippen LogP contribution is -2.25. The monoisotopic (exact) mass is 225 g/mol. The van der Waals surface area contributed by atoms with Crippen LogP contribution in [0.15, 0.2) is 0 Å². The summed E-state index contributed by atoms with van der Waals surface area (Å²) in [6, 6.07) is 0. The second-order valence-electron chi connectivity index (χ2n) is 5.74. The lowest BCUT2D eigenvalue weighted by atomic mass is 10.00. The number of rotatable bonds is 6. The zero-order valence-corrected chi connectivity index (χ0v) is 10.7. The van der Waals surface area contributed by atoms with Gasteiger partial charge in [0, 0.05) is 19.0 Å². The SMILES string of the molecule is CCCCCCCN1CC2CCC(O)C2C1. The third kappa shape index (κ3) is 2.98. The Balaban J connectivity index is 1.59. The van der Waals surface area contributed by atoms with Crippen LogP contribution in [0.5, 0.6) is 0 Å². The molecule has 2 aliphatic rings. The predicted molar refractivity (Wildman–Crippen MR) is 67.4 cm³/mol. The standard InChI is InChI=1S/C14H27NO/c1-2-3-4-5-6-9-15-10-12-7-8-14(16)13(12)11-15/h12-14,16H,2-11H2,1H3. The normalized spacial score (nSPS) is 34.5. The van der Waals surface area contributed by atoms with Crippen molar-refractivity contribution >= 4 is 0 Å². The fourth-order valence-corrected chi connectivity index (χ4v) is 3.45. The molecule has 0 radical (unpaired) electrons. The first-order valence-electron chi connectivity index (χ1n) is 7.21. The molecule has 0 bridgehead atoms. The molecule has 2 rings (SSSR count). The quantitative estimate of drug-likeness (QED) is 0.703. The first kappa shape index (κ1) is 12.4. The number of unbranched alkanes of at least 4 members (excludes halogenated alkanes) is 4. The van der Waals surface area contributed by atoms with E-state index < -0.39 is 0 Å². The molecule has 1 saturated carbocycles. The van der Waals surface area contributed by atoms with Gasteiger partial charge in [0.2, 0.25) is 0 Å². The number of likely N-dealkylation sites (tertiary alicyclic amines) is 1. The van der Waals surface area contributed by atoms with Gasteiger partial charge in [0.05, 0.1) is 6.10 Å². The Morgan fingerprint density at radius 2 is 1.88 bits per heavy atom. The molecular formula is C14H27NO. The molecule has 3 atom stereocenters. The molecule has 0 aromatic rings. The molecule has 1 aliphatic heterocycles. The molecule has 3 unspecified atom stereocenters. The van der Waals surface area contributed by atoms with Crippen molar-refractivity contribution in [3.8, 4) is 0 Å². The smallest absolute Gasteiger partial charge is 0.0583 e. The van der Waals surface area contributed by atoms with Crippen LogP contribution in [0.25, 0.3) is 0 Å². The molecule has 2 nitrogen and oxygen atoms in total. The van der Waals surface area contributed by atoms with Crippen molar-refractivity contribution in [2.75, 3.05) is 19.6 Å². The van der Waals surface area contributed by atoms with Gasteiger partial charge in [0.25, 0.3) is 0 Å². The molecule has 94 valence electrons. The zero-order valence-electron chi connectivity index (χ0n) is 10.7. The first-order chi connectivity index (χ1) is 7.81. The molecule has 1 aliphatic carbocycles. The van der Waals surface area contributed by atoms with Gasteiger partial charge in [-0.05, 0) is 31.7 Å². The fraction of sp³-hybridized carbons (Fsp3) is 1.00. The third-order valence-corrected chi connectivity index (χ3v) is 4.47. The van der Waals surface area contributed by atoms with E-state index >= 15 is 0 Å². The first-order valence-corrected chi connectivity index (χ1v) is 7.21. The van der Waals surface area contributed by atoms with Gasteiger partial charge in [-0.15, -0.1) is 0 Å². The minimum Gasteiger partial charge on any atom is -0.393 e. The highest BCUT2D eigenvalue weighted by atomic mass is 16.3. The van der Waals surface area contributed by atoms with Crippen molar-refractivity contribution in [1.29, 1.82) is 0 Å². The van der Waals surface area contributed by atoms with Crippen LogP contribution >= 0.6 is 0 Å². The predicted octanol–water partition coefficient (Wildman–Crippen LogP) is 2.66. The summed E-state index contributed by atoms with van der Waals surface area (Å²) in [4.78, 5) is 2.59. The van der Waals surface area contributed by atoms with Gasteiger partial charge in [-0.25, -0.2) is 0 Å². The van der Waals surface area contributed by atoms with E-state index in [0.717, 1.165) is 12.3 Å². The van der Waals surface area contributed by atoms with Crippen LogP contribution in [-0.4, -0.2) is 35.7 Å². The Bertz CT molecular complexity index is 207. The maximum atomic E-state index is 9.83. The van der Waals surface area contributed by atoms with E-state index in [4.69, 9.17) is 0 Å². The minimum atomic E-state index is 0.00934. The van der Waals surface area contributed by atoms with Crippen LogP contribution in [0.3, 0.4) is 0 Å². The maximum absolute atomic E-state index is 9.83. The van der Waals surface area contributed by atoms with E-state index in [1.807, 2.05) is 0 Å². The second-order valence-corrected chi connectivity index (χ2v) is 5.74. The maximum Gasteiger partial charge on any atom is 0.0583 e. The molecule has 0 aromatic heterocycles. The molecule has 0 aromatic carbocycles. The van der Waals surface area contributed by atoms with E-state index in [0.29, 0.717) is 5.92 Å². The van der Waals surface area contributed by atoms with Crippen molar-refractivity contribution in [3.63, 3.8) is 0 Å². The van der Waals surface area contributed by atoms with Gasteiger partial charge in [0.15, 0.2) is 0 Å². The van der Waals surface area contributed by atoms with Crippen LogP contribution in [0.2, 0.25) is 0 Å².